The Kier molecular flexibility index (Phi) is 6.88. The Morgan fingerprint density at radius 3 is 3.00 bits per heavy atom. The van der Waals surface area contributed by atoms with E-state index in [4.69, 9.17) is 20.8 Å². The smallest absolute Gasteiger partial charge is 0.279 e. The molecule has 0 bridgehead atoms. The molecule has 0 fully saturated rings. The molecule has 0 aliphatic rings. The monoisotopic (exact) mass is 408 g/mol. The van der Waals surface area contributed by atoms with Crippen LogP contribution < -0.4 is 10.2 Å². The van der Waals surface area contributed by atoms with Crippen molar-refractivity contribution >= 4 is 34.5 Å². The molecule has 3 heterocycles. The zero-order valence-electron chi connectivity index (χ0n) is 14.6. The number of ether oxygens (including phenoxy) is 1. The highest BCUT2D eigenvalue weighted by molar-refractivity contribution is 7.13. The molecular weight excluding hydrogens is 390 g/mol. The van der Waals surface area contributed by atoms with Crippen LogP contribution in [0, 0.1) is 0 Å². The number of hydrogen-bond acceptors (Lipinski definition) is 7. The van der Waals surface area contributed by atoms with Crippen molar-refractivity contribution in [3.05, 3.63) is 46.9 Å². The first-order valence-corrected chi connectivity index (χ1v) is 9.50. The Bertz CT molecular complexity index is 871. The molecule has 3 aromatic rings. The third-order valence-corrected chi connectivity index (χ3v) is 4.86. The fourth-order valence-corrected chi connectivity index (χ4v) is 3.24. The molecule has 3 aromatic heterocycles. The van der Waals surface area contributed by atoms with Crippen LogP contribution in [0.2, 0.25) is 5.15 Å². The van der Waals surface area contributed by atoms with Gasteiger partial charge in [0.25, 0.3) is 17.7 Å². The van der Waals surface area contributed by atoms with E-state index in [1.807, 2.05) is 17.5 Å². The van der Waals surface area contributed by atoms with Gasteiger partial charge in [-0.2, -0.15) is 0 Å². The number of nitrogens with zero attached hydrogens (tertiary/aromatic N) is 3. The van der Waals surface area contributed by atoms with Gasteiger partial charge < -0.3 is 19.4 Å². The number of carbonyl (C=O) groups is 1. The number of amides is 1. The van der Waals surface area contributed by atoms with Crippen molar-refractivity contribution < 1.29 is 18.8 Å². The van der Waals surface area contributed by atoms with Crippen molar-refractivity contribution in [2.45, 2.75) is 6.54 Å². The largest absolute Gasteiger partial charge is 0.414 e. The van der Waals surface area contributed by atoms with E-state index in [1.54, 1.807) is 25.4 Å². The molecule has 0 aliphatic heterocycles. The summed E-state index contributed by atoms with van der Waals surface area (Å²) in [6.45, 7) is 1.73. The number of halogens is 1. The van der Waals surface area contributed by atoms with Gasteiger partial charge in [0.2, 0.25) is 0 Å². The second kappa shape index (κ2) is 9.56. The molecule has 10 heteroatoms. The Balaban J connectivity index is 1.63. The van der Waals surface area contributed by atoms with E-state index >= 15 is 0 Å². The second-order valence-electron chi connectivity index (χ2n) is 5.71. The van der Waals surface area contributed by atoms with Crippen molar-refractivity contribution in [3.8, 4) is 10.8 Å². The first kappa shape index (κ1) is 19.4. The molecule has 0 radical (unpaired) electrons. The van der Waals surface area contributed by atoms with Crippen LogP contribution in [0.15, 0.2) is 40.3 Å². The number of nitrogens with one attached hydrogen (secondary N) is 2. The number of rotatable bonds is 9. The van der Waals surface area contributed by atoms with Crippen LogP contribution in [0.1, 0.15) is 5.89 Å². The predicted molar refractivity (Wildman–Crippen MR) is 102 cm³/mol. The number of methoxy groups -OCH3 is 1. The zero-order chi connectivity index (χ0) is 19.1. The summed E-state index contributed by atoms with van der Waals surface area (Å²) in [6, 6.07) is 7.26. The molecule has 27 heavy (non-hydrogen) atoms. The van der Waals surface area contributed by atoms with Gasteiger partial charge in [-0.1, -0.05) is 17.7 Å². The van der Waals surface area contributed by atoms with Crippen LogP contribution in [0.25, 0.3) is 10.8 Å². The Morgan fingerprint density at radius 1 is 1.37 bits per heavy atom. The summed E-state index contributed by atoms with van der Waals surface area (Å²) < 4.78 is 10.9. The first-order chi connectivity index (χ1) is 13.2. The SMILES string of the molecule is COCC[NH+](CC(=O)Nc1cccnc1Cl)Cc1nnc(-c2cccs2)o1. The third-order valence-electron chi connectivity index (χ3n) is 3.70. The molecule has 0 saturated carbocycles. The molecule has 1 unspecified atom stereocenters. The fraction of sp³-hybridized carbons (Fsp3) is 0.294. The summed E-state index contributed by atoms with van der Waals surface area (Å²) in [5.74, 6) is 0.767. The van der Waals surface area contributed by atoms with Crippen molar-refractivity contribution in [2.24, 2.45) is 0 Å². The topological polar surface area (TPSA) is 94.6 Å². The predicted octanol–water partition coefficient (Wildman–Crippen LogP) is 1.52. The van der Waals surface area contributed by atoms with E-state index in [-0.39, 0.29) is 17.6 Å². The summed E-state index contributed by atoms with van der Waals surface area (Å²) in [7, 11) is 1.62. The lowest BCUT2D eigenvalue weighted by molar-refractivity contribution is -0.907. The van der Waals surface area contributed by atoms with Gasteiger partial charge in [-0.25, -0.2) is 4.98 Å². The van der Waals surface area contributed by atoms with Gasteiger partial charge in [-0.05, 0) is 23.6 Å². The Hall–Kier alpha value is -2.33. The van der Waals surface area contributed by atoms with E-state index < -0.39 is 0 Å². The highest BCUT2D eigenvalue weighted by Crippen LogP contribution is 2.22. The van der Waals surface area contributed by atoms with Crippen LogP contribution in [-0.2, 0) is 16.1 Å². The van der Waals surface area contributed by atoms with Crippen LogP contribution >= 0.6 is 22.9 Å². The average molecular weight is 409 g/mol. The molecule has 0 saturated heterocycles. The van der Waals surface area contributed by atoms with Crippen LogP contribution in [0.3, 0.4) is 0 Å². The van der Waals surface area contributed by atoms with Gasteiger partial charge in [0, 0.05) is 13.3 Å². The van der Waals surface area contributed by atoms with Crippen molar-refractivity contribution in [2.75, 3.05) is 32.1 Å². The summed E-state index contributed by atoms with van der Waals surface area (Å²) >= 11 is 7.51. The lowest BCUT2D eigenvalue weighted by Gasteiger charge is -2.17. The number of hydrogen-bond donors (Lipinski definition) is 2. The molecule has 142 valence electrons. The number of anilines is 1. The van der Waals surface area contributed by atoms with E-state index in [0.29, 0.717) is 37.2 Å². The highest BCUT2D eigenvalue weighted by atomic mass is 35.5. The fourth-order valence-electron chi connectivity index (χ4n) is 2.43. The van der Waals surface area contributed by atoms with Gasteiger partial charge in [0.15, 0.2) is 18.2 Å². The number of thiophene rings is 1. The maximum absolute atomic E-state index is 12.4. The molecule has 1 amide bonds. The van der Waals surface area contributed by atoms with E-state index in [9.17, 15) is 4.79 Å². The van der Waals surface area contributed by atoms with Gasteiger partial charge in [0.05, 0.1) is 17.2 Å². The number of quaternary nitrogens is 1. The summed E-state index contributed by atoms with van der Waals surface area (Å²) in [6.07, 6.45) is 1.56. The normalized spacial score (nSPS) is 12.1. The first-order valence-electron chi connectivity index (χ1n) is 8.25. The molecule has 0 aliphatic carbocycles. The minimum Gasteiger partial charge on any atom is -0.414 e. The number of pyridine rings is 1. The molecule has 8 nitrogen and oxygen atoms in total. The van der Waals surface area contributed by atoms with Crippen molar-refractivity contribution in [1.29, 1.82) is 0 Å². The molecule has 2 N–H and O–H groups in total. The Morgan fingerprint density at radius 2 is 2.26 bits per heavy atom. The molecule has 1 atom stereocenters. The minimum absolute atomic E-state index is 0.186. The molecule has 0 spiro atoms. The van der Waals surface area contributed by atoms with Crippen LogP contribution in [0.4, 0.5) is 5.69 Å². The summed E-state index contributed by atoms with van der Waals surface area (Å²) in [4.78, 5) is 18.2. The van der Waals surface area contributed by atoms with Crippen LogP contribution in [0.5, 0.6) is 0 Å². The van der Waals surface area contributed by atoms with Gasteiger partial charge in [-0.3, -0.25) is 4.79 Å². The standard InChI is InChI=1S/C17H18ClN5O3S/c1-25-8-7-23(10-14(24)20-12-4-2-6-19-16(12)18)11-15-21-22-17(26-15)13-5-3-9-27-13/h2-6,9H,7-8,10-11H2,1H3,(H,20,24)/p+1. The maximum Gasteiger partial charge on any atom is 0.279 e. The molecular formula is C17H19ClN5O3S+. The second-order valence-corrected chi connectivity index (χ2v) is 7.02. The van der Waals surface area contributed by atoms with Crippen molar-refractivity contribution in [1.82, 2.24) is 15.2 Å². The molecule has 0 aromatic carbocycles. The lowest BCUT2D eigenvalue weighted by atomic mass is 10.4. The number of aromatic nitrogens is 3. The number of carbonyl (C=O) groups excluding carboxylic acids is 1. The lowest BCUT2D eigenvalue weighted by Crippen LogP contribution is -3.12. The third kappa shape index (κ3) is 5.57. The van der Waals surface area contributed by atoms with Gasteiger partial charge in [-0.15, -0.1) is 21.5 Å². The van der Waals surface area contributed by atoms with E-state index in [1.165, 1.54) is 11.3 Å². The summed E-state index contributed by atoms with van der Waals surface area (Å²) in [5, 5.41) is 13.1. The quantitative estimate of drug-likeness (QED) is 0.521. The molecule has 3 rings (SSSR count). The zero-order valence-corrected chi connectivity index (χ0v) is 16.2. The minimum atomic E-state index is -0.186. The van der Waals surface area contributed by atoms with Gasteiger partial charge >= 0.3 is 0 Å². The van der Waals surface area contributed by atoms with E-state index in [0.717, 1.165) is 9.78 Å². The van der Waals surface area contributed by atoms with Crippen molar-refractivity contribution in [3.63, 3.8) is 0 Å². The van der Waals surface area contributed by atoms with E-state index in [2.05, 4.69) is 20.5 Å². The summed E-state index contributed by atoms with van der Waals surface area (Å²) in [5.41, 5.74) is 0.480. The van der Waals surface area contributed by atoms with Crippen LogP contribution in [-0.4, -0.2) is 47.9 Å². The Labute approximate surface area is 165 Å². The average Bonchev–Trinajstić information content (AvgIpc) is 3.33. The van der Waals surface area contributed by atoms with Gasteiger partial charge in [0.1, 0.15) is 6.54 Å². The maximum atomic E-state index is 12.4. The highest BCUT2D eigenvalue weighted by Gasteiger charge is 2.20.